The molecule has 0 aromatic rings. The molecule has 1 aliphatic rings. The molecule has 1 saturated heterocycles. The lowest BCUT2D eigenvalue weighted by Crippen LogP contribution is -2.53. The molecule has 0 aliphatic carbocycles. The van der Waals surface area contributed by atoms with E-state index in [1.807, 2.05) is 6.92 Å². The molecule has 0 spiro atoms. The van der Waals surface area contributed by atoms with Gasteiger partial charge in [-0.15, -0.1) is 0 Å². The van der Waals surface area contributed by atoms with Gasteiger partial charge < -0.3 is 5.73 Å². The van der Waals surface area contributed by atoms with Crippen molar-refractivity contribution in [2.45, 2.75) is 32.7 Å². The summed E-state index contributed by atoms with van der Waals surface area (Å²) >= 11 is 0. The number of piperazine rings is 1. The lowest BCUT2D eigenvalue weighted by atomic mass is 10.1. The summed E-state index contributed by atoms with van der Waals surface area (Å²) in [5.74, 6) is 0.265. The van der Waals surface area contributed by atoms with E-state index in [0.29, 0.717) is 32.1 Å². The van der Waals surface area contributed by atoms with E-state index in [2.05, 4.69) is 11.8 Å². The van der Waals surface area contributed by atoms with Crippen LogP contribution in [0.5, 0.6) is 0 Å². The highest BCUT2D eigenvalue weighted by Crippen LogP contribution is 2.12. The lowest BCUT2D eigenvalue weighted by Gasteiger charge is -2.38. The van der Waals surface area contributed by atoms with Crippen molar-refractivity contribution < 1.29 is 8.42 Å². The van der Waals surface area contributed by atoms with Crippen LogP contribution in [0.3, 0.4) is 0 Å². The lowest BCUT2D eigenvalue weighted by molar-refractivity contribution is 0.137. The van der Waals surface area contributed by atoms with Gasteiger partial charge >= 0.3 is 0 Å². The maximum absolute atomic E-state index is 11.9. The fraction of sp³-hybridized carbons (Fsp3) is 1.00. The second-order valence-corrected chi connectivity index (χ2v) is 6.64. The standard InChI is InChI=1S/C11H25N3O2S/c1-3-9-17(15,16)14-7-5-13(6-8-14)11(4-2)10-12/h11H,3-10,12H2,1-2H3. The van der Waals surface area contributed by atoms with Gasteiger partial charge in [-0.1, -0.05) is 13.8 Å². The Bertz CT molecular complexity index is 307. The number of nitrogens with zero attached hydrogens (tertiary/aromatic N) is 2. The highest BCUT2D eigenvalue weighted by atomic mass is 32.2. The van der Waals surface area contributed by atoms with E-state index in [-0.39, 0.29) is 5.75 Å². The fourth-order valence-electron chi connectivity index (χ4n) is 2.31. The molecule has 2 N–H and O–H groups in total. The van der Waals surface area contributed by atoms with Crippen molar-refractivity contribution in [3.05, 3.63) is 0 Å². The molecule has 0 aromatic carbocycles. The molecule has 6 heteroatoms. The molecule has 1 aliphatic heterocycles. The third kappa shape index (κ3) is 3.91. The van der Waals surface area contributed by atoms with E-state index in [0.717, 1.165) is 19.5 Å². The predicted octanol–water partition coefficient (Wildman–Crippen LogP) is 0.0811. The normalized spacial score (nSPS) is 21.6. The Morgan fingerprint density at radius 1 is 1.18 bits per heavy atom. The average molecular weight is 263 g/mol. The summed E-state index contributed by atoms with van der Waals surface area (Å²) in [7, 11) is -3.02. The van der Waals surface area contributed by atoms with Crippen molar-refractivity contribution >= 4 is 10.0 Å². The largest absolute Gasteiger partial charge is 0.329 e. The van der Waals surface area contributed by atoms with E-state index in [1.54, 1.807) is 4.31 Å². The second kappa shape index (κ2) is 6.68. The Morgan fingerprint density at radius 2 is 1.76 bits per heavy atom. The maximum Gasteiger partial charge on any atom is 0.214 e. The Kier molecular flexibility index (Phi) is 5.85. The van der Waals surface area contributed by atoms with Crippen LogP contribution in [-0.4, -0.2) is 62.1 Å². The second-order valence-electron chi connectivity index (χ2n) is 4.55. The number of nitrogens with two attached hydrogens (primary N) is 1. The zero-order valence-electron chi connectivity index (χ0n) is 10.9. The highest BCUT2D eigenvalue weighted by Gasteiger charge is 2.28. The van der Waals surface area contributed by atoms with Gasteiger partial charge in [0, 0.05) is 38.8 Å². The van der Waals surface area contributed by atoms with Crippen LogP contribution in [0.25, 0.3) is 0 Å². The van der Waals surface area contributed by atoms with Crippen LogP contribution in [0, 0.1) is 0 Å². The van der Waals surface area contributed by atoms with Gasteiger partial charge in [0.05, 0.1) is 5.75 Å². The van der Waals surface area contributed by atoms with E-state index >= 15 is 0 Å². The van der Waals surface area contributed by atoms with Gasteiger partial charge in [0.2, 0.25) is 10.0 Å². The van der Waals surface area contributed by atoms with Crippen LogP contribution in [0.4, 0.5) is 0 Å². The SMILES string of the molecule is CCCS(=O)(=O)N1CCN(C(CC)CN)CC1. The summed E-state index contributed by atoms with van der Waals surface area (Å²) in [6.07, 6.45) is 1.71. The topological polar surface area (TPSA) is 66.6 Å². The van der Waals surface area contributed by atoms with Gasteiger partial charge in [0.15, 0.2) is 0 Å². The van der Waals surface area contributed by atoms with E-state index in [1.165, 1.54) is 0 Å². The zero-order chi connectivity index (χ0) is 12.9. The van der Waals surface area contributed by atoms with Crippen molar-refractivity contribution in [3.8, 4) is 0 Å². The molecule has 102 valence electrons. The zero-order valence-corrected chi connectivity index (χ0v) is 11.7. The first-order valence-corrected chi connectivity index (χ1v) is 8.08. The Morgan fingerprint density at radius 3 is 2.18 bits per heavy atom. The smallest absolute Gasteiger partial charge is 0.214 e. The molecule has 1 rings (SSSR count). The van der Waals surface area contributed by atoms with Gasteiger partial charge in [0.25, 0.3) is 0 Å². The summed E-state index contributed by atoms with van der Waals surface area (Å²) in [5.41, 5.74) is 5.71. The van der Waals surface area contributed by atoms with E-state index in [4.69, 9.17) is 5.73 Å². The average Bonchev–Trinajstić information content (AvgIpc) is 2.31. The summed E-state index contributed by atoms with van der Waals surface area (Å²) in [6, 6.07) is 0.394. The summed E-state index contributed by atoms with van der Waals surface area (Å²) in [4.78, 5) is 2.30. The molecule has 0 radical (unpaired) electrons. The predicted molar refractivity (Wildman–Crippen MR) is 70.4 cm³/mol. The summed E-state index contributed by atoms with van der Waals surface area (Å²) in [6.45, 7) is 7.50. The first kappa shape index (κ1) is 14.9. The molecule has 0 amide bonds. The van der Waals surface area contributed by atoms with Gasteiger partial charge in [-0.05, 0) is 12.8 Å². The van der Waals surface area contributed by atoms with Crippen molar-refractivity contribution in [1.29, 1.82) is 0 Å². The third-order valence-corrected chi connectivity index (χ3v) is 5.46. The van der Waals surface area contributed by atoms with Crippen LogP contribution >= 0.6 is 0 Å². The van der Waals surface area contributed by atoms with Crippen LogP contribution in [0.15, 0.2) is 0 Å². The number of sulfonamides is 1. The molecule has 1 unspecified atom stereocenters. The first-order valence-electron chi connectivity index (χ1n) is 6.47. The Labute approximate surface area is 105 Å². The van der Waals surface area contributed by atoms with Gasteiger partial charge in [0.1, 0.15) is 0 Å². The van der Waals surface area contributed by atoms with Crippen LogP contribution in [-0.2, 0) is 10.0 Å². The maximum atomic E-state index is 11.9. The molecule has 5 nitrogen and oxygen atoms in total. The minimum atomic E-state index is -3.02. The van der Waals surface area contributed by atoms with Gasteiger partial charge in [-0.2, -0.15) is 4.31 Å². The molecule has 1 fully saturated rings. The van der Waals surface area contributed by atoms with E-state index < -0.39 is 10.0 Å². The fourth-order valence-corrected chi connectivity index (χ4v) is 3.80. The number of rotatable bonds is 6. The molecule has 0 aromatic heterocycles. The quantitative estimate of drug-likeness (QED) is 0.737. The first-order chi connectivity index (χ1) is 8.05. The monoisotopic (exact) mass is 263 g/mol. The molecule has 1 heterocycles. The van der Waals surface area contributed by atoms with Crippen LogP contribution in [0.2, 0.25) is 0 Å². The summed E-state index contributed by atoms with van der Waals surface area (Å²) in [5, 5.41) is 0. The molecular formula is C11H25N3O2S. The number of hydrogen-bond acceptors (Lipinski definition) is 4. The van der Waals surface area contributed by atoms with Crippen molar-refractivity contribution in [1.82, 2.24) is 9.21 Å². The van der Waals surface area contributed by atoms with E-state index in [9.17, 15) is 8.42 Å². The number of hydrogen-bond donors (Lipinski definition) is 1. The Balaban J connectivity index is 2.51. The van der Waals surface area contributed by atoms with Crippen LogP contribution in [0.1, 0.15) is 26.7 Å². The minimum Gasteiger partial charge on any atom is -0.329 e. The molecule has 0 bridgehead atoms. The molecule has 1 atom stereocenters. The molecule has 17 heavy (non-hydrogen) atoms. The summed E-state index contributed by atoms with van der Waals surface area (Å²) < 4.78 is 25.4. The molecule has 0 saturated carbocycles. The van der Waals surface area contributed by atoms with Crippen molar-refractivity contribution in [2.75, 3.05) is 38.5 Å². The third-order valence-electron chi connectivity index (χ3n) is 3.39. The van der Waals surface area contributed by atoms with Crippen molar-refractivity contribution in [3.63, 3.8) is 0 Å². The Hall–Kier alpha value is -0.170. The molecular weight excluding hydrogens is 238 g/mol. The van der Waals surface area contributed by atoms with Gasteiger partial charge in [-0.25, -0.2) is 8.42 Å². The highest BCUT2D eigenvalue weighted by molar-refractivity contribution is 7.89. The minimum absolute atomic E-state index is 0.265. The van der Waals surface area contributed by atoms with Crippen LogP contribution < -0.4 is 5.73 Å². The van der Waals surface area contributed by atoms with Crippen molar-refractivity contribution in [2.24, 2.45) is 5.73 Å². The van der Waals surface area contributed by atoms with Gasteiger partial charge in [-0.3, -0.25) is 4.90 Å².